The van der Waals surface area contributed by atoms with E-state index < -0.39 is 8.07 Å². The molecule has 1 aromatic carbocycles. The fourth-order valence-corrected chi connectivity index (χ4v) is 10.3. The van der Waals surface area contributed by atoms with Crippen LogP contribution < -0.4 is 10.9 Å². The minimum Gasteiger partial charge on any atom is -0.508 e. The van der Waals surface area contributed by atoms with Crippen molar-refractivity contribution in [1.29, 1.82) is 0 Å². The highest BCUT2D eigenvalue weighted by Crippen LogP contribution is 2.40. The minimum atomic E-state index is -2.00. The second-order valence-electron chi connectivity index (χ2n) is 9.88. The lowest BCUT2D eigenvalue weighted by Gasteiger charge is -2.38. The lowest BCUT2D eigenvalue weighted by Crippen LogP contribution is -2.43. The molecule has 7 nitrogen and oxygen atoms in total. The number of pyridine rings is 1. The number of phenolic OH excluding ortho intramolecular Hbond substituents is 1. The van der Waals surface area contributed by atoms with Crippen molar-refractivity contribution in [2.24, 2.45) is 0 Å². The number of nitrogens with one attached hydrogen (secondary N) is 1. The molecule has 2 aromatic heterocycles. The largest absolute Gasteiger partial charge is 0.508 e. The first-order valence-electron chi connectivity index (χ1n) is 12.2. The van der Waals surface area contributed by atoms with Crippen LogP contribution in [0.15, 0.2) is 41.3 Å². The van der Waals surface area contributed by atoms with Crippen LogP contribution in [0.3, 0.4) is 0 Å². The van der Waals surface area contributed by atoms with Gasteiger partial charge in [0.25, 0.3) is 5.56 Å². The van der Waals surface area contributed by atoms with E-state index in [1.807, 2.05) is 0 Å². The van der Waals surface area contributed by atoms with Crippen molar-refractivity contribution in [2.45, 2.75) is 71.1 Å². The number of rotatable bonds is 8. The number of hydrogen-bond donors (Lipinski definition) is 3. The smallest absolute Gasteiger partial charge is 0.253 e. The predicted octanol–water partition coefficient (Wildman–Crippen LogP) is 5.19. The number of phenols is 1. The topological polar surface area (TPSA) is 100 Å². The van der Waals surface area contributed by atoms with Gasteiger partial charge in [-0.25, -0.2) is 4.98 Å². The Labute approximate surface area is 208 Å². The summed E-state index contributed by atoms with van der Waals surface area (Å²) in [7, 11) is -2.00. The lowest BCUT2D eigenvalue weighted by molar-refractivity contribution is 0.280. The van der Waals surface area contributed by atoms with Crippen LogP contribution in [0.4, 0.5) is 11.6 Å². The Kier molecular flexibility index (Phi) is 8.36. The summed E-state index contributed by atoms with van der Waals surface area (Å²) in [5, 5.41) is 22.9. The summed E-state index contributed by atoms with van der Waals surface area (Å²) in [4.78, 5) is 22.2. The number of nitrogens with zero attached hydrogens (tertiary/aromatic N) is 3. The van der Waals surface area contributed by atoms with E-state index in [2.05, 4.69) is 68.3 Å². The van der Waals surface area contributed by atoms with Gasteiger partial charge in [0.2, 0.25) is 5.95 Å². The second-order valence-corrected chi connectivity index (χ2v) is 15.5. The predicted molar refractivity (Wildman–Crippen MR) is 145 cm³/mol. The van der Waals surface area contributed by atoms with Crippen LogP contribution in [0, 0.1) is 11.5 Å². The Morgan fingerprint density at radius 3 is 2.37 bits per heavy atom. The van der Waals surface area contributed by atoms with Crippen molar-refractivity contribution in [3.05, 3.63) is 52.4 Å². The van der Waals surface area contributed by atoms with E-state index in [9.17, 15) is 15.0 Å². The normalized spacial score (nSPS) is 11.8. The van der Waals surface area contributed by atoms with Crippen LogP contribution in [0.5, 0.6) is 5.75 Å². The zero-order chi connectivity index (χ0) is 25.8. The molecule has 0 aliphatic rings. The number of aliphatic hydroxyl groups excluding tert-OH is 1. The molecule has 0 aliphatic carbocycles. The maximum Gasteiger partial charge on any atom is 0.253 e. The molecule has 2 heterocycles. The maximum absolute atomic E-state index is 13.1. The SMILES string of the molecule is CC(C)[Si](C#Cc1cc(=O)n(CCCO)c2nc(Nc3cccc(O)c3)ncc12)(C(C)C)C(C)C. The van der Waals surface area contributed by atoms with E-state index in [-0.39, 0.29) is 17.9 Å². The van der Waals surface area contributed by atoms with Gasteiger partial charge in [-0.15, -0.1) is 5.54 Å². The van der Waals surface area contributed by atoms with Gasteiger partial charge in [-0.05, 0) is 35.2 Å². The van der Waals surface area contributed by atoms with E-state index in [1.54, 1.807) is 41.1 Å². The number of anilines is 2. The van der Waals surface area contributed by atoms with Gasteiger partial charge in [0.15, 0.2) is 0 Å². The third-order valence-corrected chi connectivity index (χ3v) is 13.1. The molecule has 3 N–H and O–H groups in total. The Morgan fingerprint density at radius 1 is 1.09 bits per heavy atom. The Morgan fingerprint density at radius 2 is 1.77 bits per heavy atom. The van der Waals surface area contributed by atoms with E-state index >= 15 is 0 Å². The number of aromatic nitrogens is 3. The van der Waals surface area contributed by atoms with E-state index in [0.717, 1.165) is 0 Å². The zero-order valence-corrected chi connectivity index (χ0v) is 22.5. The van der Waals surface area contributed by atoms with Crippen LogP contribution in [-0.4, -0.2) is 39.4 Å². The average molecular weight is 493 g/mol. The summed E-state index contributed by atoms with van der Waals surface area (Å²) in [6.07, 6.45) is 2.12. The van der Waals surface area contributed by atoms with Gasteiger partial charge in [0, 0.05) is 42.7 Å². The molecule has 0 spiro atoms. The van der Waals surface area contributed by atoms with Gasteiger partial charge in [-0.3, -0.25) is 9.36 Å². The summed E-state index contributed by atoms with van der Waals surface area (Å²) >= 11 is 0. The van der Waals surface area contributed by atoms with E-state index in [1.165, 1.54) is 0 Å². The minimum absolute atomic E-state index is 0.0275. The number of aromatic hydroxyl groups is 1. The summed E-state index contributed by atoms with van der Waals surface area (Å²) in [5.41, 5.74) is 6.64. The molecule has 8 heteroatoms. The molecule has 0 saturated carbocycles. The molecule has 0 saturated heterocycles. The quantitative estimate of drug-likeness (QED) is 0.295. The summed E-state index contributed by atoms with van der Waals surface area (Å²) in [6, 6.07) is 8.24. The van der Waals surface area contributed by atoms with Crippen LogP contribution in [0.1, 0.15) is 53.5 Å². The van der Waals surface area contributed by atoms with Gasteiger partial charge < -0.3 is 15.5 Å². The van der Waals surface area contributed by atoms with Crippen LogP contribution in [0.2, 0.25) is 16.6 Å². The maximum atomic E-state index is 13.1. The highest BCUT2D eigenvalue weighted by molar-refractivity contribution is 6.90. The average Bonchev–Trinajstić information content (AvgIpc) is 2.78. The lowest BCUT2D eigenvalue weighted by atomic mass is 10.2. The first kappa shape index (κ1) is 26.5. The molecule has 0 amide bonds. The van der Waals surface area contributed by atoms with Crippen molar-refractivity contribution in [2.75, 3.05) is 11.9 Å². The molecule has 0 radical (unpaired) electrons. The molecule has 3 rings (SSSR count). The van der Waals surface area contributed by atoms with Crippen LogP contribution in [-0.2, 0) is 6.54 Å². The molecular formula is C27H36N4O3Si. The van der Waals surface area contributed by atoms with Crippen molar-refractivity contribution in [3.63, 3.8) is 0 Å². The fraction of sp³-hybridized carbons (Fsp3) is 0.444. The number of aryl methyl sites for hydroxylation is 1. The summed E-state index contributed by atoms with van der Waals surface area (Å²) < 4.78 is 1.56. The van der Waals surface area contributed by atoms with Gasteiger partial charge >= 0.3 is 0 Å². The van der Waals surface area contributed by atoms with Crippen molar-refractivity contribution >= 4 is 30.7 Å². The first-order chi connectivity index (χ1) is 16.6. The standard InChI is InChI=1S/C27H36N4O3Si/c1-18(2)35(19(3)4,20(5)6)14-11-21-15-25(34)31(12-8-13-32)26-24(21)17-28-27(30-26)29-22-9-7-10-23(33)16-22/h7,9-10,15-20,32-33H,8,12-13H2,1-6H3,(H,28,29,30). The summed E-state index contributed by atoms with van der Waals surface area (Å²) in [6.45, 7) is 13.9. The second kappa shape index (κ2) is 11.1. The molecule has 0 bridgehead atoms. The van der Waals surface area contributed by atoms with Gasteiger partial charge in [-0.2, -0.15) is 4.98 Å². The zero-order valence-electron chi connectivity index (χ0n) is 21.5. The van der Waals surface area contributed by atoms with Crippen molar-refractivity contribution in [3.8, 4) is 17.2 Å². The number of fused-ring (bicyclic) bond motifs is 1. The Bertz CT molecular complexity index is 1280. The molecule has 0 fully saturated rings. The molecular weight excluding hydrogens is 456 g/mol. The van der Waals surface area contributed by atoms with Gasteiger partial charge in [0.1, 0.15) is 19.5 Å². The fourth-order valence-electron chi connectivity index (χ4n) is 5.08. The van der Waals surface area contributed by atoms with Crippen LogP contribution >= 0.6 is 0 Å². The molecule has 0 aliphatic heterocycles. The van der Waals surface area contributed by atoms with Crippen LogP contribution in [0.25, 0.3) is 11.0 Å². The highest BCUT2D eigenvalue weighted by Gasteiger charge is 2.41. The molecule has 186 valence electrons. The van der Waals surface area contributed by atoms with Crippen molar-refractivity contribution in [1.82, 2.24) is 14.5 Å². The first-order valence-corrected chi connectivity index (χ1v) is 14.4. The van der Waals surface area contributed by atoms with E-state index in [4.69, 9.17) is 0 Å². The van der Waals surface area contributed by atoms with Gasteiger partial charge in [-0.1, -0.05) is 53.5 Å². The number of benzene rings is 1. The summed E-state index contributed by atoms with van der Waals surface area (Å²) in [5.74, 6) is 3.82. The van der Waals surface area contributed by atoms with Gasteiger partial charge in [0.05, 0.1) is 5.39 Å². The Hall–Kier alpha value is -3.15. The third-order valence-electron chi connectivity index (χ3n) is 6.77. The molecule has 35 heavy (non-hydrogen) atoms. The number of aliphatic hydroxyl groups is 1. The monoisotopic (exact) mass is 492 g/mol. The number of hydrogen-bond acceptors (Lipinski definition) is 6. The molecule has 0 unspecified atom stereocenters. The Balaban J connectivity index is 2.19. The molecule has 0 atom stereocenters. The van der Waals surface area contributed by atoms with Crippen molar-refractivity contribution < 1.29 is 10.2 Å². The van der Waals surface area contributed by atoms with E-state index in [0.29, 0.717) is 57.8 Å². The third kappa shape index (κ3) is 5.58. The highest BCUT2D eigenvalue weighted by atomic mass is 28.3. The molecule has 3 aromatic rings.